The van der Waals surface area contributed by atoms with Gasteiger partial charge in [-0.3, -0.25) is 23.9 Å². The average Bonchev–Trinajstić information content (AvgIpc) is 3.80. The Morgan fingerprint density at radius 1 is 0.796 bits per heavy atom. The molecule has 10 nitrogen and oxygen atoms in total. The van der Waals surface area contributed by atoms with Crippen LogP contribution >= 0.6 is 0 Å². The Morgan fingerprint density at radius 3 is 1.83 bits per heavy atom. The van der Waals surface area contributed by atoms with Crippen molar-refractivity contribution in [2.24, 2.45) is 36.1 Å². The summed E-state index contributed by atoms with van der Waals surface area (Å²) >= 11 is 0. The molecule has 0 bridgehead atoms. The molecule has 2 N–H and O–H groups in total. The average molecular weight is 761 g/mol. The molecule has 1 saturated carbocycles. The lowest BCUT2D eigenvalue weighted by atomic mass is 9.87. The third-order valence-corrected chi connectivity index (χ3v) is 12.7. The van der Waals surface area contributed by atoms with E-state index in [0.29, 0.717) is 30.7 Å². The summed E-state index contributed by atoms with van der Waals surface area (Å²) in [5.41, 5.74) is 2.28. The molecule has 11 heteroatoms. The molecular formula is C43H60N4O6S. The van der Waals surface area contributed by atoms with Crippen LogP contribution in [-0.2, 0) is 48.9 Å². The predicted molar refractivity (Wildman–Crippen MR) is 211 cm³/mol. The van der Waals surface area contributed by atoms with E-state index in [9.17, 15) is 27.6 Å². The monoisotopic (exact) mass is 760 g/mol. The minimum atomic E-state index is -3.94. The number of sulfone groups is 1. The number of rotatable bonds is 21. The molecule has 54 heavy (non-hydrogen) atoms. The summed E-state index contributed by atoms with van der Waals surface area (Å²) in [6.07, 6.45) is 3.26. The van der Waals surface area contributed by atoms with E-state index in [0.717, 1.165) is 24.0 Å². The van der Waals surface area contributed by atoms with Gasteiger partial charge in [0, 0.05) is 24.8 Å². The molecule has 2 aromatic carbocycles. The van der Waals surface area contributed by atoms with Crippen molar-refractivity contribution < 1.29 is 27.6 Å². The quantitative estimate of drug-likeness (QED) is 0.130. The largest absolute Gasteiger partial charge is 0.346 e. The van der Waals surface area contributed by atoms with Gasteiger partial charge in [0.25, 0.3) is 0 Å². The Morgan fingerprint density at radius 2 is 1.31 bits per heavy atom. The molecule has 0 aliphatic heterocycles. The topological polar surface area (TPSA) is 144 Å². The number of hydrogen-bond acceptors (Lipinski definition) is 7. The zero-order valence-electron chi connectivity index (χ0n) is 33.4. The molecule has 1 fully saturated rings. The Kier molecular flexibility index (Phi) is 14.6. The van der Waals surface area contributed by atoms with Crippen LogP contribution < -0.4 is 10.6 Å². The van der Waals surface area contributed by atoms with E-state index >= 15 is 0 Å². The molecule has 4 rings (SSSR count). The lowest BCUT2D eigenvalue weighted by Gasteiger charge is -2.27. The van der Waals surface area contributed by atoms with Gasteiger partial charge in [0.15, 0.2) is 21.4 Å². The van der Waals surface area contributed by atoms with Crippen LogP contribution in [0.2, 0.25) is 0 Å². The van der Waals surface area contributed by atoms with Crippen molar-refractivity contribution in [1.29, 1.82) is 0 Å². The first-order valence-electron chi connectivity index (χ1n) is 19.4. The maximum atomic E-state index is 14.3. The zero-order chi connectivity index (χ0) is 39.8. The van der Waals surface area contributed by atoms with E-state index in [4.69, 9.17) is 0 Å². The van der Waals surface area contributed by atoms with Crippen LogP contribution in [0.5, 0.6) is 0 Å². The van der Waals surface area contributed by atoms with Gasteiger partial charge in [-0.15, -0.1) is 0 Å². The van der Waals surface area contributed by atoms with Crippen molar-refractivity contribution in [2.45, 2.75) is 117 Å². The zero-order valence-corrected chi connectivity index (χ0v) is 34.2. The number of ketones is 2. The van der Waals surface area contributed by atoms with Crippen molar-refractivity contribution in [2.75, 3.05) is 5.75 Å². The summed E-state index contributed by atoms with van der Waals surface area (Å²) in [5, 5.41) is 10.3. The van der Waals surface area contributed by atoms with Gasteiger partial charge in [-0.1, -0.05) is 95.3 Å². The molecule has 3 aromatic rings. The van der Waals surface area contributed by atoms with E-state index in [1.807, 2.05) is 95.3 Å². The molecule has 2 amide bonds. The number of aromatic nitrogens is 2. The number of nitrogens with zero attached hydrogens (tertiary/aromatic N) is 2. The standard InChI is InChI=1S/C43H60N4O6S/c1-28(2)23-36(44-41(50)34(20-19-32-15-11-9-12-16-32)27-54(52,53)39-30(5)46-47(8)31(39)6)38(48)26-35(25-33-17-13-10-14-18-33)42(51)45-37(24-29(3)4)40(49)43(7)21-22-43/h9-18,28-29,34-37H,19-27H2,1-8H3,(H,44,50)(H,45,51)/t34?,35-,36+,37+/m1/s1. The maximum Gasteiger partial charge on any atom is 0.224 e. The third-order valence-electron chi connectivity index (χ3n) is 10.7. The van der Waals surface area contributed by atoms with Crippen molar-refractivity contribution >= 4 is 33.2 Å². The second kappa shape index (κ2) is 18.5. The number of carbonyl (C=O) groups excluding carboxylic acids is 4. The normalized spacial score (nSPS) is 16.0. The molecule has 4 atom stereocenters. The number of amides is 2. The van der Waals surface area contributed by atoms with Gasteiger partial charge in [0.1, 0.15) is 4.90 Å². The van der Waals surface area contributed by atoms with Crippen molar-refractivity contribution in [3.63, 3.8) is 0 Å². The highest BCUT2D eigenvalue weighted by molar-refractivity contribution is 7.91. The number of aryl methyl sites for hydroxylation is 3. The van der Waals surface area contributed by atoms with Crippen molar-refractivity contribution in [1.82, 2.24) is 20.4 Å². The van der Waals surface area contributed by atoms with Crippen LogP contribution in [0.15, 0.2) is 65.6 Å². The SMILES string of the molecule is Cc1nn(C)c(C)c1S(=O)(=O)CC(CCc1ccccc1)C(=O)N[C@@H](CC(C)C)C(=O)C[C@@H](Cc1ccccc1)C(=O)N[C@@H](CC(C)C)C(=O)C1(C)CC1. The molecular weight excluding hydrogens is 701 g/mol. The van der Waals surface area contributed by atoms with Gasteiger partial charge in [0.2, 0.25) is 11.8 Å². The Balaban J connectivity index is 1.60. The number of benzene rings is 2. The second-order valence-electron chi connectivity index (χ2n) is 16.5. The van der Waals surface area contributed by atoms with Crippen molar-refractivity contribution in [3.8, 4) is 0 Å². The van der Waals surface area contributed by atoms with Gasteiger partial charge in [-0.05, 0) is 81.8 Å². The van der Waals surface area contributed by atoms with Crippen LogP contribution in [0, 0.1) is 42.9 Å². The maximum absolute atomic E-state index is 14.3. The number of Topliss-reactive ketones (excluding diaryl/α,β-unsaturated/α-hetero) is 2. The van der Waals surface area contributed by atoms with Crippen LogP contribution in [-0.4, -0.2) is 59.4 Å². The number of carbonyl (C=O) groups is 4. The van der Waals surface area contributed by atoms with Crippen LogP contribution in [0.25, 0.3) is 0 Å². The van der Waals surface area contributed by atoms with E-state index in [1.54, 1.807) is 20.9 Å². The first kappa shape index (κ1) is 42.6. The lowest BCUT2D eigenvalue weighted by molar-refractivity contribution is -0.135. The Hall–Kier alpha value is -4.12. The fourth-order valence-corrected chi connectivity index (χ4v) is 9.34. The summed E-state index contributed by atoms with van der Waals surface area (Å²) < 4.78 is 29.3. The molecule has 1 unspecified atom stereocenters. The van der Waals surface area contributed by atoms with E-state index in [2.05, 4.69) is 15.7 Å². The highest BCUT2D eigenvalue weighted by Crippen LogP contribution is 2.47. The summed E-state index contributed by atoms with van der Waals surface area (Å²) in [6.45, 7) is 13.2. The fraction of sp³-hybridized carbons (Fsp3) is 0.558. The van der Waals surface area contributed by atoms with Crippen LogP contribution in [0.1, 0.15) is 95.7 Å². The first-order valence-corrected chi connectivity index (χ1v) is 21.0. The van der Waals surface area contributed by atoms with Gasteiger partial charge >= 0.3 is 0 Å². The number of hydrogen-bond donors (Lipinski definition) is 2. The molecule has 1 aliphatic rings. The van der Waals surface area contributed by atoms with Crippen molar-refractivity contribution in [3.05, 3.63) is 83.2 Å². The van der Waals surface area contributed by atoms with Crippen LogP contribution in [0.4, 0.5) is 0 Å². The van der Waals surface area contributed by atoms with Gasteiger partial charge in [0.05, 0.1) is 35.1 Å². The molecule has 1 aromatic heterocycles. The fourth-order valence-electron chi connectivity index (χ4n) is 7.25. The highest BCUT2D eigenvalue weighted by Gasteiger charge is 2.48. The lowest BCUT2D eigenvalue weighted by Crippen LogP contribution is -2.49. The summed E-state index contributed by atoms with van der Waals surface area (Å²) in [4.78, 5) is 56.2. The van der Waals surface area contributed by atoms with E-state index < -0.39 is 50.8 Å². The first-order chi connectivity index (χ1) is 25.4. The minimum absolute atomic E-state index is 0.0140. The molecule has 0 spiro atoms. The molecule has 294 valence electrons. The summed E-state index contributed by atoms with van der Waals surface area (Å²) in [5.74, 6) is -3.14. The Bertz CT molecular complexity index is 1870. The molecule has 1 heterocycles. The third kappa shape index (κ3) is 11.7. The minimum Gasteiger partial charge on any atom is -0.346 e. The van der Waals surface area contributed by atoms with E-state index in [-0.39, 0.29) is 53.5 Å². The predicted octanol–water partition coefficient (Wildman–Crippen LogP) is 6.31. The summed E-state index contributed by atoms with van der Waals surface area (Å²) in [7, 11) is -2.25. The Labute approximate surface area is 322 Å². The molecule has 0 radical (unpaired) electrons. The molecule has 0 saturated heterocycles. The van der Waals surface area contributed by atoms with E-state index in [1.165, 1.54) is 4.68 Å². The van der Waals surface area contributed by atoms with Gasteiger partial charge in [-0.2, -0.15) is 5.10 Å². The highest BCUT2D eigenvalue weighted by atomic mass is 32.2. The second-order valence-corrected chi connectivity index (χ2v) is 18.5. The van der Waals surface area contributed by atoms with Gasteiger partial charge < -0.3 is 10.6 Å². The van der Waals surface area contributed by atoms with Crippen LogP contribution in [0.3, 0.4) is 0 Å². The molecule has 1 aliphatic carbocycles. The smallest absolute Gasteiger partial charge is 0.224 e. The summed E-state index contributed by atoms with van der Waals surface area (Å²) in [6, 6.07) is 17.4. The van der Waals surface area contributed by atoms with Gasteiger partial charge in [-0.25, -0.2) is 8.42 Å². The number of nitrogens with one attached hydrogen (secondary N) is 2.